The number of hydrogen-bond acceptors (Lipinski definition) is 4. The van der Waals surface area contributed by atoms with Crippen molar-refractivity contribution in [2.75, 3.05) is 18.1 Å². The fourth-order valence-corrected chi connectivity index (χ4v) is 2.38. The molecule has 1 heterocycles. The van der Waals surface area contributed by atoms with E-state index >= 15 is 0 Å². The third kappa shape index (κ3) is 5.66. The van der Waals surface area contributed by atoms with Gasteiger partial charge < -0.3 is 0 Å². The van der Waals surface area contributed by atoms with E-state index in [9.17, 15) is 4.79 Å². The molecule has 1 aliphatic heterocycles. The SMILES string of the molecule is CC.CC(=O)CSC1=NCCS1. The number of nitrogens with zero attached hydrogens (tertiary/aromatic N) is 1. The van der Waals surface area contributed by atoms with Crippen LogP contribution in [0.3, 0.4) is 0 Å². The summed E-state index contributed by atoms with van der Waals surface area (Å²) in [5, 5.41) is 0. The molecule has 0 radical (unpaired) electrons. The minimum Gasteiger partial charge on any atom is -0.299 e. The molecular formula is C8H15NOS2. The van der Waals surface area contributed by atoms with Gasteiger partial charge in [-0.25, -0.2) is 0 Å². The zero-order chi connectivity index (χ0) is 9.40. The lowest BCUT2D eigenvalue weighted by molar-refractivity contribution is -0.114. The third-order valence-electron chi connectivity index (χ3n) is 0.957. The Balaban J connectivity index is 0.000000561. The van der Waals surface area contributed by atoms with Crippen LogP contribution in [0.4, 0.5) is 0 Å². The van der Waals surface area contributed by atoms with E-state index in [2.05, 4.69) is 4.99 Å². The van der Waals surface area contributed by atoms with Gasteiger partial charge in [-0.2, -0.15) is 0 Å². The van der Waals surface area contributed by atoms with E-state index < -0.39 is 0 Å². The van der Waals surface area contributed by atoms with Gasteiger partial charge in [0.05, 0.1) is 12.3 Å². The molecule has 12 heavy (non-hydrogen) atoms. The molecule has 1 aliphatic rings. The number of aliphatic imine (C=N–C) groups is 1. The third-order valence-corrected chi connectivity index (χ3v) is 3.35. The summed E-state index contributed by atoms with van der Waals surface area (Å²) < 4.78 is 1.08. The molecule has 0 saturated heterocycles. The molecule has 0 fully saturated rings. The number of ketones is 1. The molecule has 0 aromatic heterocycles. The molecular weight excluding hydrogens is 190 g/mol. The van der Waals surface area contributed by atoms with E-state index in [1.807, 2.05) is 13.8 Å². The van der Waals surface area contributed by atoms with Crippen molar-refractivity contribution >= 4 is 33.7 Å². The number of rotatable bonds is 2. The van der Waals surface area contributed by atoms with Crippen molar-refractivity contribution in [1.82, 2.24) is 0 Å². The van der Waals surface area contributed by atoms with Crippen molar-refractivity contribution in [1.29, 1.82) is 0 Å². The van der Waals surface area contributed by atoms with Crippen LogP contribution in [0, 0.1) is 0 Å². The number of carbonyl (C=O) groups excluding carboxylic acids is 1. The maximum atomic E-state index is 10.5. The first-order valence-corrected chi connectivity index (χ1v) is 6.05. The first-order valence-electron chi connectivity index (χ1n) is 4.08. The molecule has 0 aliphatic carbocycles. The molecule has 0 N–H and O–H groups in total. The quantitative estimate of drug-likeness (QED) is 0.693. The fourth-order valence-electron chi connectivity index (χ4n) is 0.566. The van der Waals surface area contributed by atoms with Gasteiger partial charge in [-0.15, -0.1) is 0 Å². The van der Waals surface area contributed by atoms with Crippen molar-refractivity contribution in [2.24, 2.45) is 4.99 Å². The Labute approximate surface area is 82.6 Å². The van der Waals surface area contributed by atoms with Crippen LogP contribution < -0.4 is 0 Å². The van der Waals surface area contributed by atoms with Crippen LogP contribution >= 0.6 is 23.5 Å². The Morgan fingerprint density at radius 3 is 2.75 bits per heavy atom. The molecule has 0 spiro atoms. The van der Waals surface area contributed by atoms with Crippen LogP contribution in [0.15, 0.2) is 4.99 Å². The molecule has 0 unspecified atom stereocenters. The Hall–Kier alpha value is 0.0400. The van der Waals surface area contributed by atoms with Crippen LogP contribution in [0.2, 0.25) is 0 Å². The molecule has 0 atom stereocenters. The molecule has 4 heteroatoms. The minimum atomic E-state index is 0.222. The van der Waals surface area contributed by atoms with Crippen molar-refractivity contribution in [3.63, 3.8) is 0 Å². The number of carbonyl (C=O) groups is 1. The van der Waals surface area contributed by atoms with Gasteiger partial charge >= 0.3 is 0 Å². The summed E-state index contributed by atoms with van der Waals surface area (Å²) in [4.78, 5) is 14.7. The van der Waals surface area contributed by atoms with Gasteiger partial charge in [0.1, 0.15) is 10.2 Å². The molecule has 70 valence electrons. The van der Waals surface area contributed by atoms with Gasteiger partial charge in [0.2, 0.25) is 0 Å². The van der Waals surface area contributed by atoms with E-state index in [1.54, 1.807) is 30.4 Å². The normalized spacial score (nSPS) is 14.8. The van der Waals surface area contributed by atoms with Crippen molar-refractivity contribution < 1.29 is 4.79 Å². The van der Waals surface area contributed by atoms with E-state index in [1.165, 1.54) is 0 Å². The van der Waals surface area contributed by atoms with Crippen LogP contribution in [0.5, 0.6) is 0 Å². The second-order valence-electron chi connectivity index (χ2n) is 1.99. The molecule has 0 aromatic rings. The lowest BCUT2D eigenvalue weighted by Gasteiger charge is -1.93. The molecule has 0 bridgehead atoms. The topological polar surface area (TPSA) is 29.4 Å². The van der Waals surface area contributed by atoms with E-state index in [0.29, 0.717) is 5.75 Å². The van der Waals surface area contributed by atoms with Gasteiger partial charge in [0.15, 0.2) is 0 Å². The highest BCUT2D eigenvalue weighted by molar-refractivity contribution is 8.39. The summed E-state index contributed by atoms with van der Waals surface area (Å²) in [5.74, 6) is 1.88. The van der Waals surface area contributed by atoms with Crippen LogP contribution in [-0.4, -0.2) is 28.2 Å². The second-order valence-corrected chi connectivity index (χ2v) is 4.29. The Morgan fingerprint density at radius 2 is 2.33 bits per heavy atom. The molecule has 0 amide bonds. The van der Waals surface area contributed by atoms with Gasteiger partial charge in [0.25, 0.3) is 0 Å². The lowest BCUT2D eigenvalue weighted by Crippen LogP contribution is -1.95. The van der Waals surface area contributed by atoms with Crippen LogP contribution in [-0.2, 0) is 4.79 Å². The summed E-state index contributed by atoms with van der Waals surface area (Å²) >= 11 is 3.30. The largest absolute Gasteiger partial charge is 0.299 e. The lowest BCUT2D eigenvalue weighted by atomic mass is 10.5. The number of hydrogen-bond donors (Lipinski definition) is 0. The molecule has 0 aromatic carbocycles. The number of thioether (sulfide) groups is 2. The summed E-state index contributed by atoms with van der Waals surface area (Å²) in [6.45, 7) is 6.53. The fraction of sp³-hybridized carbons (Fsp3) is 0.750. The van der Waals surface area contributed by atoms with Gasteiger partial charge in [-0.1, -0.05) is 37.4 Å². The molecule has 1 rings (SSSR count). The molecule has 2 nitrogen and oxygen atoms in total. The van der Waals surface area contributed by atoms with Crippen molar-refractivity contribution in [3.05, 3.63) is 0 Å². The zero-order valence-corrected chi connectivity index (χ0v) is 9.43. The highest BCUT2D eigenvalue weighted by Gasteiger charge is 2.07. The highest BCUT2D eigenvalue weighted by atomic mass is 32.2. The van der Waals surface area contributed by atoms with E-state index in [-0.39, 0.29) is 5.78 Å². The Morgan fingerprint density at radius 1 is 1.67 bits per heavy atom. The first kappa shape index (κ1) is 12.0. The predicted molar refractivity (Wildman–Crippen MR) is 59.2 cm³/mol. The summed E-state index contributed by atoms with van der Waals surface area (Å²) in [6.07, 6.45) is 0. The average molecular weight is 205 g/mol. The average Bonchev–Trinajstić information content (AvgIpc) is 2.56. The van der Waals surface area contributed by atoms with Crippen molar-refractivity contribution in [3.8, 4) is 0 Å². The van der Waals surface area contributed by atoms with Gasteiger partial charge in [-0.05, 0) is 6.92 Å². The van der Waals surface area contributed by atoms with Gasteiger partial charge in [-0.3, -0.25) is 9.79 Å². The van der Waals surface area contributed by atoms with Gasteiger partial charge in [0, 0.05) is 5.75 Å². The Kier molecular flexibility index (Phi) is 7.70. The standard InChI is InChI=1S/C6H9NOS2.C2H6/c1-5(8)4-10-6-7-2-3-9-6;1-2/h2-4H2,1H3;1-2H3. The Bertz CT molecular complexity index is 168. The van der Waals surface area contributed by atoms with Crippen molar-refractivity contribution in [2.45, 2.75) is 20.8 Å². The van der Waals surface area contributed by atoms with Crippen LogP contribution in [0.25, 0.3) is 0 Å². The second kappa shape index (κ2) is 7.68. The maximum absolute atomic E-state index is 10.5. The van der Waals surface area contributed by atoms with E-state index in [4.69, 9.17) is 0 Å². The number of Topliss-reactive ketones (excluding diaryl/α,β-unsaturated/α-hetero) is 1. The maximum Gasteiger partial charge on any atom is 0.140 e. The predicted octanol–water partition coefficient (Wildman–Crippen LogP) is 2.44. The zero-order valence-electron chi connectivity index (χ0n) is 7.79. The monoisotopic (exact) mass is 205 g/mol. The summed E-state index contributed by atoms with van der Waals surface area (Å²) in [7, 11) is 0. The smallest absolute Gasteiger partial charge is 0.140 e. The minimum absolute atomic E-state index is 0.222. The molecule has 0 saturated carbocycles. The first-order chi connectivity index (χ1) is 5.79. The highest BCUT2D eigenvalue weighted by Crippen LogP contribution is 2.21. The summed E-state index contributed by atoms with van der Waals surface area (Å²) in [6, 6.07) is 0. The van der Waals surface area contributed by atoms with E-state index in [0.717, 1.165) is 16.7 Å². The summed E-state index contributed by atoms with van der Waals surface area (Å²) in [5.41, 5.74) is 0. The van der Waals surface area contributed by atoms with Crippen LogP contribution in [0.1, 0.15) is 20.8 Å².